The van der Waals surface area contributed by atoms with E-state index in [1.54, 1.807) is 54.6 Å². The van der Waals surface area contributed by atoms with Crippen LogP contribution in [0.1, 0.15) is 44.0 Å². The maximum Gasteiger partial charge on any atom is 0.252 e. The first-order valence-electron chi connectivity index (χ1n) is 11.0. The Labute approximate surface area is 212 Å². The highest BCUT2D eigenvalue weighted by molar-refractivity contribution is 7.91. The average molecular weight is 533 g/mol. The largest absolute Gasteiger partial charge is 0.382 e. The number of rotatable bonds is 8. The Bertz CT molecular complexity index is 1350. The van der Waals surface area contributed by atoms with Gasteiger partial charge in [0.25, 0.3) is 10.0 Å². The summed E-state index contributed by atoms with van der Waals surface area (Å²) in [6.07, 6.45) is 1.72. The number of carbonyl (C=O) groups is 2. The second-order valence-corrected chi connectivity index (χ2v) is 12.1. The maximum absolute atomic E-state index is 13.2. The number of primary amides is 2. The number of thiophene rings is 1. The van der Waals surface area contributed by atoms with E-state index in [9.17, 15) is 18.0 Å². The van der Waals surface area contributed by atoms with Crippen molar-refractivity contribution in [3.63, 3.8) is 0 Å². The van der Waals surface area contributed by atoms with E-state index in [4.69, 9.17) is 23.1 Å². The van der Waals surface area contributed by atoms with Crippen LogP contribution in [0, 0.1) is 0 Å². The minimum absolute atomic E-state index is 0.124. The molecule has 2 amide bonds. The van der Waals surface area contributed by atoms with Gasteiger partial charge in [-0.05, 0) is 73.0 Å². The third-order valence-corrected chi connectivity index (χ3v) is 9.74. The highest BCUT2D eigenvalue weighted by atomic mass is 35.5. The Balaban J connectivity index is 1.38. The van der Waals surface area contributed by atoms with E-state index in [1.165, 1.54) is 15.6 Å². The van der Waals surface area contributed by atoms with Gasteiger partial charge in [-0.1, -0.05) is 11.6 Å². The smallest absolute Gasteiger partial charge is 0.252 e. The number of nitrogens with one attached hydrogen (secondary N) is 1. The molecule has 4 rings (SSSR count). The number of carbonyl (C=O) groups excluding carboxylic acids is 2. The Hall–Kier alpha value is -2.92. The fourth-order valence-corrected chi connectivity index (χ4v) is 7.16. The zero-order valence-electron chi connectivity index (χ0n) is 18.7. The molecule has 0 spiro atoms. The Morgan fingerprint density at radius 2 is 1.60 bits per heavy atom. The molecule has 0 unspecified atom stereocenters. The number of hydrogen-bond acceptors (Lipinski definition) is 6. The van der Waals surface area contributed by atoms with Gasteiger partial charge in [-0.3, -0.25) is 9.59 Å². The normalized spacial score (nSPS) is 15.1. The topological polar surface area (TPSA) is 136 Å². The molecule has 1 saturated heterocycles. The van der Waals surface area contributed by atoms with Gasteiger partial charge in [0.15, 0.2) is 0 Å². The van der Waals surface area contributed by atoms with Gasteiger partial charge in [0, 0.05) is 52.3 Å². The van der Waals surface area contributed by atoms with Gasteiger partial charge in [0.2, 0.25) is 11.8 Å². The molecular formula is C24H25ClN4O4S2. The summed E-state index contributed by atoms with van der Waals surface area (Å²) in [5.74, 6) is -1.02. The zero-order chi connectivity index (χ0) is 25.2. The second-order valence-electron chi connectivity index (χ2n) is 8.33. The third-order valence-electron chi connectivity index (χ3n) is 5.92. The van der Waals surface area contributed by atoms with Crippen molar-refractivity contribution in [2.24, 2.45) is 11.5 Å². The van der Waals surface area contributed by atoms with Crippen molar-refractivity contribution in [2.75, 3.05) is 18.4 Å². The van der Waals surface area contributed by atoms with Crippen LogP contribution in [0.4, 0.5) is 5.69 Å². The first-order chi connectivity index (χ1) is 16.6. The van der Waals surface area contributed by atoms with Gasteiger partial charge in [-0.15, -0.1) is 11.3 Å². The van der Waals surface area contributed by atoms with Gasteiger partial charge in [0.05, 0.1) is 0 Å². The molecule has 0 aliphatic carbocycles. The summed E-state index contributed by atoms with van der Waals surface area (Å²) >= 11 is 7.46. The van der Waals surface area contributed by atoms with Crippen molar-refractivity contribution in [1.82, 2.24) is 4.31 Å². The summed E-state index contributed by atoms with van der Waals surface area (Å²) < 4.78 is 28.2. The Morgan fingerprint density at radius 1 is 0.971 bits per heavy atom. The van der Waals surface area contributed by atoms with Crippen LogP contribution in [-0.2, 0) is 16.4 Å². The summed E-state index contributed by atoms with van der Waals surface area (Å²) in [6, 6.07) is 15.2. The van der Waals surface area contributed by atoms with Crippen LogP contribution >= 0.6 is 22.9 Å². The zero-order valence-corrected chi connectivity index (χ0v) is 21.1. The summed E-state index contributed by atoms with van der Waals surface area (Å²) in [5.41, 5.74) is 13.0. The van der Waals surface area contributed by atoms with E-state index in [2.05, 4.69) is 5.32 Å². The molecule has 3 aromatic rings. The van der Waals surface area contributed by atoms with Crippen LogP contribution in [0.25, 0.3) is 0 Å². The molecule has 11 heteroatoms. The van der Waals surface area contributed by atoms with Crippen molar-refractivity contribution in [3.05, 3.63) is 81.2 Å². The predicted octanol–water partition coefficient (Wildman–Crippen LogP) is 3.46. The summed E-state index contributed by atoms with van der Waals surface area (Å²) in [4.78, 5) is 23.5. The van der Waals surface area contributed by atoms with Gasteiger partial charge in [-0.25, -0.2) is 8.42 Å². The molecule has 1 aromatic heterocycles. The van der Waals surface area contributed by atoms with Gasteiger partial charge >= 0.3 is 0 Å². The molecular weight excluding hydrogens is 508 g/mol. The third kappa shape index (κ3) is 5.84. The molecule has 0 radical (unpaired) electrons. The lowest BCUT2D eigenvalue weighted by atomic mass is 10.1. The molecule has 2 heterocycles. The summed E-state index contributed by atoms with van der Waals surface area (Å²) in [7, 11) is -3.61. The first kappa shape index (κ1) is 25.2. The van der Waals surface area contributed by atoms with Gasteiger partial charge < -0.3 is 16.8 Å². The van der Waals surface area contributed by atoms with Crippen LogP contribution in [0.3, 0.4) is 0 Å². The minimum Gasteiger partial charge on any atom is -0.382 e. The lowest BCUT2D eigenvalue weighted by Gasteiger charge is -2.31. The van der Waals surface area contributed by atoms with Gasteiger partial charge in [0.1, 0.15) is 4.21 Å². The molecule has 5 N–H and O–H groups in total. The van der Waals surface area contributed by atoms with Crippen molar-refractivity contribution in [3.8, 4) is 0 Å². The Morgan fingerprint density at radius 3 is 2.23 bits per heavy atom. The van der Waals surface area contributed by atoms with Crippen LogP contribution in [-0.4, -0.2) is 43.7 Å². The van der Waals surface area contributed by atoms with E-state index >= 15 is 0 Å². The number of hydrogen-bond donors (Lipinski definition) is 3. The number of amides is 2. The monoisotopic (exact) mass is 532 g/mol. The predicted molar refractivity (Wildman–Crippen MR) is 137 cm³/mol. The van der Waals surface area contributed by atoms with Crippen molar-refractivity contribution < 1.29 is 18.0 Å². The van der Waals surface area contributed by atoms with Crippen molar-refractivity contribution in [1.29, 1.82) is 0 Å². The SMILES string of the molecule is NC(=O)c1ccc(NC2CCN(S(=O)(=O)c3ccc(Cc4cc(C(N)=O)ccc4Cl)s3)CC2)cc1. The average Bonchev–Trinajstić information content (AvgIpc) is 3.30. The molecule has 1 aliphatic heterocycles. The highest BCUT2D eigenvalue weighted by Gasteiger charge is 2.30. The minimum atomic E-state index is -3.61. The lowest BCUT2D eigenvalue weighted by Crippen LogP contribution is -2.42. The molecule has 0 atom stereocenters. The van der Waals surface area contributed by atoms with E-state index in [0.29, 0.717) is 54.1 Å². The van der Waals surface area contributed by atoms with Gasteiger partial charge in [-0.2, -0.15) is 4.31 Å². The van der Waals surface area contributed by atoms with E-state index in [0.717, 1.165) is 10.6 Å². The molecule has 1 fully saturated rings. The molecule has 0 bridgehead atoms. The maximum atomic E-state index is 13.2. The number of piperidine rings is 1. The van der Waals surface area contributed by atoms with E-state index in [1.807, 2.05) is 0 Å². The van der Waals surface area contributed by atoms with Crippen LogP contribution in [0.15, 0.2) is 58.8 Å². The fourth-order valence-electron chi connectivity index (χ4n) is 3.98. The molecule has 35 heavy (non-hydrogen) atoms. The second kappa shape index (κ2) is 10.4. The van der Waals surface area contributed by atoms with E-state index in [-0.39, 0.29) is 10.3 Å². The Kier molecular flexibility index (Phi) is 7.46. The quantitative estimate of drug-likeness (QED) is 0.408. The van der Waals surface area contributed by atoms with Crippen LogP contribution < -0.4 is 16.8 Å². The standard InChI is InChI=1S/C24H25ClN4O4S2/c25-21-7-3-16(24(27)31)13-17(21)14-20-6-8-22(34-20)35(32,33)29-11-9-19(10-12-29)28-18-4-1-15(2-5-18)23(26)30/h1-8,13,19,28H,9-12,14H2,(H2,26,30)(H2,27,31). The number of anilines is 1. The van der Waals surface area contributed by atoms with Crippen molar-refractivity contribution >= 4 is 50.5 Å². The first-order valence-corrected chi connectivity index (χ1v) is 13.6. The van der Waals surface area contributed by atoms with Crippen LogP contribution in [0.5, 0.6) is 0 Å². The summed E-state index contributed by atoms with van der Waals surface area (Å²) in [6.45, 7) is 0.804. The number of nitrogens with two attached hydrogens (primary N) is 2. The number of nitrogens with zero attached hydrogens (tertiary/aromatic N) is 1. The number of benzene rings is 2. The van der Waals surface area contributed by atoms with E-state index < -0.39 is 21.8 Å². The molecule has 8 nitrogen and oxygen atoms in total. The fraction of sp³-hybridized carbons (Fsp3) is 0.250. The molecule has 1 aliphatic rings. The molecule has 2 aromatic carbocycles. The van der Waals surface area contributed by atoms with Crippen molar-refractivity contribution in [2.45, 2.75) is 29.5 Å². The molecule has 0 saturated carbocycles. The highest BCUT2D eigenvalue weighted by Crippen LogP contribution is 2.30. The number of sulfonamides is 1. The van der Waals surface area contributed by atoms with Crippen LogP contribution in [0.2, 0.25) is 5.02 Å². The summed E-state index contributed by atoms with van der Waals surface area (Å²) in [5, 5.41) is 3.88. The number of halogens is 1. The molecule has 184 valence electrons. The lowest BCUT2D eigenvalue weighted by molar-refractivity contribution is 0.0992.